The maximum absolute atomic E-state index is 12.6. The van der Waals surface area contributed by atoms with E-state index in [1.165, 1.54) is 16.8 Å². The molecular weight excluding hydrogens is 352 g/mol. The Labute approximate surface area is 169 Å². The molecule has 28 heavy (non-hydrogen) atoms. The van der Waals surface area contributed by atoms with Crippen LogP contribution in [0, 0.1) is 19.8 Å². The van der Waals surface area contributed by atoms with Crippen LogP contribution in [0.25, 0.3) is 0 Å². The smallest absolute Gasteiger partial charge is 0.317 e. The van der Waals surface area contributed by atoms with Gasteiger partial charge in [0.05, 0.1) is 12.7 Å². The number of nitrogens with zero attached hydrogens (tertiary/aromatic N) is 3. The van der Waals surface area contributed by atoms with E-state index < -0.39 is 0 Å². The van der Waals surface area contributed by atoms with Crippen molar-refractivity contribution in [1.29, 1.82) is 0 Å². The molecule has 0 aliphatic carbocycles. The molecule has 3 rings (SSSR count). The fourth-order valence-corrected chi connectivity index (χ4v) is 4.13. The summed E-state index contributed by atoms with van der Waals surface area (Å²) in [5.74, 6) is 0.654. The second kappa shape index (κ2) is 9.61. The van der Waals surface area contributed by atoms with E-state index in [9.17, 15) is 4.79 Å². The van der Waals surface area contributed by atoms with Gasteiger partial charge in [0.1, 0.15) is 0 Å². The Kier molecular flexibility index (Phi) is 7.18. The Morgan fingerprint density at radius 3 is 2.64 bits per heavy atom. The van der Waals surface area contributed by atoms with Gasteiger partial charge < -0.3 is 19.9 Å². The highest BCUT2D eigenvalue weighted by Crippen LogP contribution is 2.23. The van der Waals surface area contributed by atoms with Crippen LogP contribution >= 0.6 is 0 Å². The molecule has 0 spiro atoms. The summed E-state index contributed by atoms with van der Waals surface area (Å²) in [6, 6.07) is 6.48. The number of urea groups is 1. The van der Waals surface area contributed by atoms with Crippen molar-refractivity contribution >= 4 is 11.7 Å². The summed E-state index contributed by atoms with van der Waals surface area (Å²) < 4.78 is 5.84. The van der Waals surface area contributed by atoms with Gasteiger partial charge in [0.2, 0.25) is 0 Å². The van der Waals surface area contributed by atoms with Crippen LogP contribution in [-0.2, 0) is 4.74 Å². The lowest BCUT2D eigenvalue weighted by Crippen LogP contribution is -2.54. The largest absolute Gasteiger partial charge is 0.374 e. The zero-order valence-electron chi connectivity index (χ0n) is 17.9. The number of amides is 2. The van der Waals surface area contributed by atoms with Crippen LogP contribution in [-0.4, -0.2) is 80.9 Å². The van der Waals surface area contributed by atoms with E-state index in [2.05, 4.69) is 61.0 Å². The fourth-order valence-electron chi connectivity index (χ4n) is 4.13. The van der Waals surface area contributed by atoms with Crippen molar-refractivity contribution < 1.29 is 9.53 Å². The molecule has 2 aliphatic rings. The number of carbonyl (C=O) groups excluding carboxylic acids is 1. The molecular formula is C22H36N4O2. The van der Waals surface area contributed by atoms with Crippen LogP contribution < -0.4 is 10.2 Å². The molecule has 2 saturated heterocycles. The second-order valence-corrected chi connectivity index (χ2v) is 8.53. The SMILES string of the molecule is Cc1cccc(N2CCN(C(=O)NC[C@@H]3CN(CC(C)C)CCO3)CC2)c1C. The molecule has 0 unspecified atom stereocenters. The molecule has 1 atom stereocenters. The number of rotatable bonds is 5. The molecule has 2 heterocycles. The highest BCUT2D eigenvalue weighted by atomic mass is 16.5. The lowest BCUT2D eigenvalue weighted by molar-refractivity contribution is -0.0294. The number of benzene rings is 1. The highest BCUT2D eigenvalue weighted by Gasteiger charge is 2.25. The van der Waals surface area contributed by atoms with E-state index >= 15 is 0 Å². The molecule has 2 amide bonds. The molecule has 1 N–H and O–H groups in total. The zero-order chi connectivity index (χ0) is 20.1. The number of hydrogen-bond acceptors (Lipinski definition) is 4. The van der Waals surface area contributed by atoms with Crippen molar-refractivity contribution in [2.45, 2.75) is 33.8 Å². The lowest BCUT2D eigenvalue weighted by atomic mass is 10.1. The van der Waals surface area contributed by atoms with E-state index in [0.29, 0.717) is 12.5 Å². The number of aryl methyl sites for hydroxylation is 1. The average Bonchev–Trinajstić information content (AvgIpc) is 2.68. The Bertz CT molecular complexity index is 656. The summed E-state index contributed by atoms with van der Waals surface area (Å²) in [6.45, 7) is 16.4. The lowest BCUT2D eigenvalue weighted by Gasteiger charge is -2.38. The number of piperazine rings is 1. The van der Waals surface area contributed by atoms with Gasteiger partial charge in [-0.3, -0.25) is 4.90 Å². The molecule has 6 heteroatoms. The Balaban J connectivity index is 1.43. The molecule has 1 aromatic rings. The molecule has 0 bridgehead atoms. The third-order valence-corrected chi connectivity index (χ3v) is 5.81. The van der Waals surface area contributed by atoms with Crippen molar-refractivity contribution in [3.63, 3.8) is 0 Å². The Morgan fingerprint density at radius 1 is 1.18 bits per heavy atom. The van der Waals surface area contributed by atoms with E-state index in [-0.39, 0.29) is 12.1 Å². The number of hydrogen-bond donors (Lipinski definition) is 1. The van der Waals surface area contributed by atoms with Crippen LogP contribution in [0.4, 0.5) is 10.5 Å². The van der Waals surface area contributed by atoms with Crippen LogP contribution in [0.1, 0.15) is 25.0 Å². The zero-order valence-corrected chi connectivity index (χ0v) is 17.9. The maximum Gasteiger partial charge on any atom is 0.317 e. The highest BCUT2D eigenvalue weighted by molar-refractivity contribution is 5.74. The third kappa shape index (κ3) is 5.39. The van der Waals surface area contributed by atoms with Crippen molar-refractivity contribution in [2.24, 2.45) is 5.92 Å². The molecule has 156 valence electrons. The van der Waals surface area contributed by atoms with Crippen molar-refractivity contribution in [3.8, 4) is 0 Å². The van der Waals surface area contributed by atoms with Gasteiger partial charge in [-0.15, -0.1) is 0 Å². The summed E-state index contributed by atoms with van der Waals surface area (Å²) in [5, 5.41) is 3.09. The van der Waals surface area contributed by atoms with Crippen molar-refractivity contribution in [1.82, 2.24) is 15.1 Å². The maximum atomic E-state index is 12.6. The summed E-state index contributed by atoms with van der Waals surface area (Å²) in [6.07, 6.45) is 0.0904. The molecule has 2 aliphatic heterocycles. The van der Waals surface area contributed by atoms with Gasteiger partial charge in [-0.05, 0) is 37.0 Å². The first-order valence-electron chi connectivity index (χ1n) is 10.6. The van der Waals surface area contributed by atoms with Gasteiger partial charge in [-0.1, -0.05) is 26.0 Å². The van der Waals surface area contributed by atoms with Crippen LogP contribution in [0.5, 0.6) is 0 Å². The third-order valence-electron chi connectivity index (χ3n) is 5.81. The van der Waals surface area contributed by atoms with E-state index in [1.807, 2.05) is 4.90 Å². The molecule has 2 fully saturated rings. The molecule has 6 nitrogen and oxygen atoms in total. The number of morpholine rings is 1. The Morgan fingerprint density at radius 2 is 1.93 bits per heavy atom. The van der Waals surface area contributed by atoms with E-state index in [0.717, 1.165) is 52.4 Å². The first-order valence-corrected chi connectivity index (χ1v) is 10.6. The van der Waals surface area contributed by atoms with E-state index in [1.54, 1.807) is 0 Å². The average molecular weight is 389 g/mol. The van der Waals surface area contributed by atoms with Gasteiger partial charge in [-0.2, -0.15) is 0 Å². The van der Waals surface area contributed by atoms with Crippen LogP contribution in [0.3, 0.4) is 0 Å². The quantitative estimate of drug-likeness (QED) is 0.842. The number of carbonyl (C=O) groups is 1. The molecule has 0 saturated carbocycles. The van der Waals surface area contributed by atoms with Gasteiger partial charge >= 0.3 is 6.03 Å². The number of anilines is 1. The summed E-state index contributed by atoms with van der Waals surface area (Å²) in [7, 11) is 0. The topological polar surface area (TPSA) is 48.0 Å². The van der Waals surface area contributed by atoms with E-state index in [4.69, 9.17) is 4.74 Å². The minimum atomic E-state index is 0.0326. The van der Waals surface area contributed by atoms with Crippen molar-refractivity contribution in [2.75, 3.05) is 63.9 Å². The second-order valence-electron chi connectivity index (χ2n) is 8.53. The van der Waals surface area contributed by atoms with Gasteiger partial charge in [-0.25, -0.2) is 4.79 Å². The van der Waals surface area contributed by atoms with Gasteiger partial charge in [0.25, 0.3) is 0 Å². The normalized spacial score (nSPS) is 21.2. The minimum absolute atomic E-state index is 0.0326. The number of ether oxygens (including phenoxy) is 1. The summed E-state index contributed by atoms with van der Waals surface area (Å²) in [5.41, 5.74) is 3.94. The van der Waals surface area contributed by atoms with Crippen LogP contribution in [0.15, 0.2) is 18.2 Å². The van der Waals surface area contributed by atoms with Gasteiger partial charge in [0.15, 0.2) is 0 Å². The first-order chi connectivity index (χ1) is 13.4. The standard InChI is InChI=1S/C22H36N4O2/c1-17(2)15-24-12-13-28-20(16-24)14-23-22(27)26-10-8-25(9-11-26)21-7-5-6-18(3)19(21)4/h5-7,17,20H,8-16H2,1-4H3,(H,23,27)/t20-/m1/s1. The molecule has 0 aromatic heterocycles. The van der Waals surface area contributed by atoms with Crippen molar-refractivity contribution in [3.05, 3.63) is 29.3 Å². The minimum Gasteiger partial charge on any atom is -0.374 e. The summed E-state index contributed by atoms with van der Waals surface area (Å²) in [4.78, 5) is 19.3. The predicted molar refractivity (Wildman–Crippen MR) is 114 cm³/mol. The van der Waals surface area contributed by atoms with Gasteiger partial charge in [0, 0.05) is 58.0 Å². The Hall–Kier alpha value is -1.79. The number of nitrogens with one attached hydrogen (secondary N) is 1. The first kappa shape index (κ1) is 20.9. The fraction of sp³-hybridized carbons (Fsp3) is 0.682. The molecule has 1 aromatic carbocycles. The summed E-state index contributed by atoms with van der Waals surface area (Å²) >= 11 is 0. The van der Waals surface area contributed by atoms with Crippen LogP contribution in [0.2, 0.25) is 0 Å². The molecule has 0 radical (unpaired) electrons. The predicted octanol–water partition coefficient (Wildman–Crippen LogP) is 2.49. The monoisotopic (exact) mass is 388 g/mol.